The number of carbonyl (C=O) groups excluding carboxylic acids is 2. The van der Waals surface area contributed by atoms with Gasteiger partial charge in [-0.2, -0.15) is 0 Å². The molecule has 2 aromatic carbocycles. The molecule has 0 aromatic heterocycles. The van der Waals surface area contributed by atoms with Gasteiger partial charge in [0.25, 0.3) is 0 Å². The molecule has 1 aliphatic rings. The van der Waals surface area contributed by atoms with Gasteiger partial charge in [0.15, 0.2) is 5.54 Å². The van der Waals surface area contributed by atoms with Crippen LogP contribution in [0.1, 0.15) is 11.1 Å². The first-order valence-electron chi connectivity index (χ1n) is 7.38. The van der Waals surface area contributed by atoms with E-state index in [0.717, 1.165) is 11.1 Å². The first-order chi connectivity index (χ1) is 11.2. The summed E-state index contributed by atoms with van der Waals surface area (Å²) in [6.45, 7) is 0.125. The van der Waals surface area contributed by atoms with E-state index in [-0.39, 0.29) is 13.2 Å². The van der Waals surface area contributed by atoms with Crippen molar-refractivity contribution < 1.29 is 19.1 Å². The number of esters is 1. The predicted octanol–water partition coefficient (Wildman–Crippen LogP) is 2.45. The maximum absolute atomic E-state index is 12.6. The summed E-state index contributed by atoms with van der Waals surface area (Å²) in [5.41, 5.74) is 0.642. The molecule has 0 saturated carbocycles. The van der Waals surface area contributed by atoms with E-state index in [1.807, 2.05) is 60.7 Å². The van der Waals surface area contributed by atoms with Gasteiger partial charge >= 0.3 is 12.1 Å². The van der Waals surface area contributed by atoms with E-state index >= 15 is 0 Å². The maximum atomic E-state index is 12.6. The summed E-state index contributed by atoms with van der Waals surface area (Å²) in [7, 11) is 0. The average molecular weight is 311 g/mol. The van der Waals surface area contributed by atoms with Crippen molar-refractivity contribution in [1.82, 2.24) is 5.32 Å². The number of alkyl carbamates (subject to hydrolysis) is 1. The standard InChI is InChI=1S/C18H17NO4/c20-16(22-12-15-9-5-2-6-10-15)18(13-23-17(21)19-18)11-14-7-3-1-4-8-14/h1-10H,11-13H2,(H,19,21)/t18-/m1/s1. The Kier molecular flexibility index (Phi) is 4.28. The van der Waals surface area contributed by atoms with Gasteiger partial charge in [0.05, 0.1) is 0 Å². The Balaban J connectivity index is 1.73. The maximum Gasteiger partial charge on any atom is 0.408 e. The largest absolute Gasteiger partial charge is 0.459 e. The Labute approximate surface area is 134 Å². The van der Waals surface area contributed by atoms with Crippen LogP contribution in [0.25, 0.3) is 0 Å². The van der Waals surface area contributed by atoms with E-state index in [4.69, 9.17) is 9.47 Å². The second-order valence-electron chi connectivity index (χ2n) is 5.51. The van der Waals surface area contributed by atoms with Crippen molar-refractivity contribution in [3.8, 4) is 0 Å². The van der Waals surface area contributed by atoms with Crippen molar-refractivity contribution in [3.63, 3.8) is 0 Å². The van der Waals surface area contributed by atoms with Gasteiger partial charge in [-0.05, 0) is 11.1 Å². The van der Waals surface area contributed by atoms with E-state index in [2.05, 4.69) is 5.32 Å². The molecule has 118 valence electrons. The monoisotopic (exact) mass is 311 g/mol. The summed E-state index contributed by atoms with van der Waals surface area (Å²) in [5.74, 6) is -0.490. The number of benzene rings is 2. The van der Waals surface area contributed by atoms with Crippen LogP contribution in [0.3, 0.4) is 0 Å². The van der Waals surface area contributed by atoms with Crippen LogP contribution in [0, 0.1) is 0 Å². The lowest BCUT2D eigenvalue weighted by Gasteiger charge is -2.24. The van der Waals surface area contributed by atoms with Crippen molar-refractivity contribution >= 4 is 12.1 Å². The first kappa shape index (κ1) is 15.1. The van der Waals surface area contributed by atoms with Crippen LogP contribution in [-0.2, 0) is 27.3 Å². The molecule has 1 atom stereocenters. The molecule has 0 unspecified atom stereocenters. The quantitative estimate of drug-likeness (QED) is 0.862. The number of hydrogen-bond donors (Lipinski definition) is 1. The van der Waals surface area contributed by atoms with Gasteiger partial charge in [-0.15, -0.1) is 0 Å². The van der Waals surface area contributed by atoms with Gasteiger partial charge in [-0.25, -0.2) is 9.59 Å². The Morgan fingerprint density at radius 3 is 2.22 bits per heavy atom. The van der Waals surface area contributed by atoms with Gasteiger partial charge in [-0.1, -0.05) is 60.7 Å². The highest BCUT2D eigenvalue weighted by Crippen LogP contribution is 2.22. The van der Waals surface area contributed by atoms with Crippen LogP contribution in [0.15, 0.2) is 60.7 Å². The summed E-state index contributed by atoms with van der Waals surface area (Å²) in [6, 6.07) is 18.9. The molecule has 0 bridgehead atoms. The van der Waals surface area contributed by atoms with Crippen LogP contribution < -0.4 is 5.32 Å². The van der Waals surface area contributed by atoms with Crippen molar-refractivity contribution in [1.29, 1.82) is 0 Å². The molecule has 0 aliphatic carbocycles. The molecule has 1 aliphatic heterocycles. The number of ether oxygens (including phenoxy) is 2. The molecule has 1 N–H and O–H groups in total. The highest BCUT2D eigenvalue weighted by atomic mass is 16.6. The molecule has 1 heterocycles. The van der Waals surface area contributed by atoms with Crippen LogP contribution in [0.5, 0.6) is 0 Å². The molecule has 23 heavy (non-hydrogen) atoms. The summed E-state index contributed by atoms with van der Waals surface area (Å²) >= 11 is 0. The molecular formula is C18H17NO4. The number of amides is 1. The second kappa shape index (κ2) is 6.52. The number of hydrogen-bond acceptors (Lipinski definition) is 4. The van der Waals surface area contributed by atoms with Gasteiger partial charge in [0.1, 0.15) is 13.2 Å². The van der Waals surface area contributed by atoms with Crippen molar-refractivity contribution in [2.24, 2.45) is 0 Å². The Morgan fingerprint density at radius 1 is 1.04 bits per heavy atom. The van der Waals surface area contributed by atoms with Crippen molar-refractivity contribution in [2.45, 2.75) is 18.6 Å². The lowest BCUT2D eigenvalue weighted by atomic mass is 9.92. The van der Waals surface area contributed by atoms with E-state index in [9.17, 15) is 9.59 Å². The van der Waals surface area contributed by atoms with E-state index < -0.39 is 17.6 Å². The molecule has 1 amide bonds. The van der Waals surface area contributed by atoms with E-state index in [1.165, 1.54) is 0 Å². The first-order valence-corrected chi connectivity index (χ1v) is 7.38. The van der Waals surface area contributed by atoms with Crippen LogP contribution in [0.2, 0.25) is 0 Å². The van der Waals surface area contributed by atoms with E-state index in [1.54, 1.807) is 0 Å². The number of cyclic esters (lactones) is 1. The molecule has 2 aromatic rings. The summed E-state index contributed by atoms with van der Waals surface area (Å²) in [5, 5.41) is 2.62. The molecular weight excluding hydrogens is 294 g/mol. The normalized spacial score (nSPS) is 19.7. The van der Waals surface area contributed by atoms with Gasteiger partial charge in [0.2, 0.25) is 0 Å². The van der Waals surface area contributed by atoms with Gasteiger partial charge in [0, 0.05) is 6.42 Å². The molecule has 0 spiro atoms. The smallest absolute Gasteiger partial charge is 0.408 e. The van der Waals surface area contributed by atoms with Crippen LogP contribution >= 0.6 is 0 Å². The zero-order valence-electron chi connectivity index (χ0n) is 12.5. The lowest BCUT2D eigenvalue weighted by Crippen LogP contribution is -2.53. The number of carbonyl (C=O) groups is 2. The Hall–Kier alpha value is -2.82. The Morgan fingerprint density at radius 2 is 1.65 bits per heavy atom. The summed E-state index contributed by atoms with van der Waals surface area (Å²) < 4.78 is 10.4. The topological polar surface area (TPSA) is 64.6 Å². The minimum absolute atomic E-state index is 0.0334. The van der Waals surface area contributed by atoms with E-state index in [0.29, 0.717) is 6.42 Å². The minimum atomic E-state index is -1.17. The molecule has 5 heteroatoms. The minimum Gasteiger partial charge on any atom is -0.459 e. The third kappa shape index (κ3) is 3.51. The molecule has 0 radical (unpaired) electrons. The SMILES string of the molecule is O=C1N[C@@](Cc2ccccc2)(C(=O)OCc2ccccc2)CO1. The number of rotatable bonds is 5. The Bertz CT molecular complexity index is 687. The fourth-order valence-electron chi connectivity index (χ4n) is 2.54. The lowest BCUT2D eigenvalue weighted by molar-refractivity contribution is -0.152. The fraction of sp³-hybridized carbons (Fsp3) is 0.222. The van der Waals surface area contributed by atoms with Gasteiger partial charge in [-0.3, -0.25) is 0 Å². The average Bonchev–Trinajstić information content (AvgIpc) is 2.96. The fourth-order valence-corrected chi connectivity index (χ4v) is 2.54. The van der Waals surface area contributed by atoms with Crippen molar-refractivity contribution in [3.05, 3.63) is 71.8 Å². The zero-order valence-corrected chi connectivity index (χ0v) is 12.5. The number of nitrogens with one attached hydrogen (secondary N) is 1. The molecule has 1 saturated heterocycles. The molecule has 3 rings (SSSR count). The highest BCUT2D eigenvalue weighted by Gasteiger charge is 2.48. The van der Waals surface area contributed by atoms with Crippen LogP contribution in [0.4, 0.5) is 4.79 Å². The molecule has 1 fully saturated rings. The highest BCUT2D eigenvalue weighted by molar-refractivity contribution is 5.88. The molecule has 5 nitrogen and oxygen atoms in total. The third-order valence-corrected chi connectivity index (χ3v) is 3.74. The summed E-state index contributed by atoms with van der Waals surface area (Å²) in [4.78, 5) is 24.1. The van der Waals surface area contributed by atoms with Crippen molar-refractivity contribution in [2.75, 3.05) is 6.61 Å². The van der Waals surface area contributed by atoms with Gasteiger partial charge < -0.3 is 14.8 Å². The zero-order chi connectivity index (χ0) is 16.1. The third-order valence-electron chi connectivity index (χ3n) is 3.74. The summed E-state index contributed by atoms with van der Waals surface area (Å²) in [6.07, 6.45) is -0.273. The second-order valence-corrected chi connectivity index (χ2v) is 5.51. The predicted molar refractivity (Wildman–Crippen MR) is 83.6 cm³/mol. The van der Waals surface area contributed by atoms with Crippen LogP contribution in [-0.4, -0.2) is 24.2 Å².